The van der Waals surface area contributed by atoms with Crippen LogP contribution in [-0.4, -0.2) is 11.1 Å². The molecule has 1 aromatic heterocycles. The van der Waals surface area contributed by atoms with Crippen LogP contribution in [0.4, 0.5) is 0 Å². The summed E-state index contributed by atoms with van der Waals surface area (Å²) in [6.45, 7) is 0. The van der Waals surface area contributed by atoms with Crippen LogP contribution in [0.2, 0.25) is 14.4 Å². The van der Waals surface area contributed by atoms with Crippen molar-refractivity contribution in [3.8, 4) is 0 Å². The van der Waals surface area contributed by atoms with E-state index in [9.17, 15) is 9.90 Å². The van der Waals surface area contributed by atoms with Crippen LogP contribution in [0.15, 0.2) is 30.3 Å². The summed E-state index contributed by atoms with van der Waals surface area (Å²) in [5, 5.41) is 10.2. The molecule has 2 rings (SSSR count). The van der Waals surface area contributed by atoms with E-state index in [0.717, 1.165) is 10.4 Å². The molecule has 1 N–H and O–H groups in total. The minimum atomic E-state index is -0.885. The Hall–Kier alpha value is -0.740. The van der Waals surface area contributed by atoms with Crippen molar-refractivity contribution in [2.45, 2.75) is 12.3 Å². The molecule has 0 radical (unpaired) electrons. The number of halogens is 3. The van der Waals surface area contributed by atoms with E-state index in [1.54, 1.807) is 30.3 Å². The Balaban J connectivity index is 2.26. The van der Waals surface area contributed by atoms with Gasteiger partial charge in [-0.25, -0.2) is 0 Å². The molecule has 0 aliphatic carbocycles. The van der Waals surface area contributed by atoms with Gasteiger partial charge in [0.2, 0.25) is 0 Å². The minimum Gasteiger partial charge on any atom is -0.481 e. The van der Waals surface area contributed by atoms with Crippen molar-refractivity contribution >= 4 is 52.1 Å². The highest BCUT2D eigenvalue weighted by Crippen LogP contribution is 2.32. The molecule has 0 fully saturated rings. The summed E-state index contributed by atoms with van der Waals surface area (Å²) in [7, 11) is 0. The standard InChI is InChI=1S/C13H9Cl3O2S/c14-9-2-1-7(6-10(9)15)5-8(13(17)18)11-3-4-12(16)19-11/h1-4,6,8H,5H2,(H,17,18). The number of carbonyl (C=O) groups is 1. The topological polar surface area (TPSA) is 37.3 Å². The van der Waals surface area contributed by atoms with E-state index in [1.165, 1.54) is 11.3 Å². The molecule has 6 heteroatoms. The number of rotatable bonds is 4. The molecule has 0 amide bonds. The van der Waals surface area contributed by atoms with Gasteiger partial charge in [0.05, 0.1) is 20.3 Å². The van der Waals surface area contributed by atoms with Crippen molar-refractivity contribution in [2.75, 3.05) is 0 Å². The molecule has 0 bridgehead atoms. The zero-order chi connectivity index (χ0) is 14.0. The number of carboxylic acid groups (broad SMARTS) is 1. The summed E-state index contributed by atoms with van der Waals surface area (Å²) in [5.74, 6) is -1.51. The molecule has 0 saturated carbocycles. The van der Waals surface area contributed by atoms with Crippen LogP contribution in [0.3, 0.4) is 0 Å². The predicted octanol–water partition coefficient (Wildman–Crippen LogP) is 5.12. The lowest BCUT2D eigenvalue weighted by atomic mass is 9.98. The lowest BCUT2D eigenvalue weighted by molar-refractivity contribution is -0.138. The summed E-state index contributed by atoms with van der Waals surface area (Å²) in [5.41, 5.74) is 0.825. The maximum absolute atomic E-state index is 11.4. The van der Waals surface area contributed by atoms with Gasteiger partial charge in [-0.05, 0) is 36.2 Å². The van der Waals surface area contributed by atoms with E-state index in [2.05, 4.69) is 0 Å². The van der Waals surface area contributed by atoms with Crippen LogP contribution < -0.4 is 0 Å². The highest BCUT2D eigenvalue weighted by Gasteiger charge is 2.22. The second-order valence-corrected chi connectivity index (χ2v) is 6.55. The van der Waals surface area contributed by atoms with E-state index in [1.807, 2.05) is 0 Å². The maximum atomic E-state index is 11.4. The lowest BCUT2D eigenvalue weighted by Gasteiger charge is -2.11. The van der Waals surface area contributed by atoms with Crippen LogP contribution in [0.1, 0.15) is 16.4 Å². The van der Waals surface area contributed by atoms with Gasteiger partial charge < -0.3 is 5.11 Å². The molecule has 1 unspecified atom stereocenters. The fraction of sp³-hybridized carbons (Fsp3) is 0.154. The molecular weight excluding hydrogens is 327 g/mol. The van der Waals surface area contributed by atoms with Gasteiger partial charge in [0.1, 0.15) is 0 Å². The van der Waals surface area contributed by atoms with Gasteiger partial charge >= 0.3 is 5.97 Å². The van der Waals surface area contributed by atoms with E-state index < -0.39 is 11.9 Å². The largest absolute Gasteiger partial charge is 0.481 e. The average Bonchev–Trinajstić information content (AvgIpc) is 2.76. The van der Waals surface area contributed by atoms with Crippen LogP contribution >= 0.6 is 46.1 Å². The number of thiophene rings is 1. The van der Waals surface area contributed by atoms with Crippen LogP contribution in [0.25, 0.3) is 0 Å². The van der Waals surface area contributed by atoms with Crippen LogP contribution in [0, 0.1) is 0 Å². The van der Waals surface area contributed by atoms with Gasteiger partial charge in [0.15, 0.2) is 0 Å². The van der Waals surface area contributed by atoms with Gasteiger partial charge in [-0.15, -0.1) is 11.3 Å². The highest BCUT2D eigenvalue weighted by atomic mass is 35.5. The first-order chi connectivity index (χ1) is 8.97. The monoisotopic (exact) mass is 334 g/mol. The zero-order valence-electron chi connectivity index (χ0n) is 9.57. The number of benzene rings is 1. The third kappa shape index (κ3) is 3.63. The molecular formula is C13H9Cl3O2S. The first-order valence-electron chi connectivity index (χ1n) is 5.39. The molecule has 0 aliphatic heterocycles. The summed E-state index contributed by atoms with van der Waals surface area (Å²) in [4.78, 5) is 12.1. The van der Waals surface area contributed by atoms with Gasteiger partial charge in [-0.3, -0.25) is 4.79 Å². The van der Waals surface area contributed by atoms with E-state index >= 15 is 0 Å². The van der Waals surface area contributed by atoms with Crippen LogP contribution in [-0.2, 0) is 11.2 Å². The number of hydrogen-bond acceptors (Lipinski definition) is 2. The summed E-state index contributed by atoms with van der Waals surface area (Å²) in [6.07, 6.45) is 0.350. The van der Waals surface area contributed by atoms with E-state index in [0.29, 0.717) is 20.8 Å². The van der Waals surface area contributed by atoms with E-state index in [-0.39, 0.29) is 0 Å². The van der Waals surface area contributed by atoms with Gasteiger partial charge in [0.25, 0.3) is 0 Å². The Morgan fingerprint density at radius 1 is 1.16 bits per heavy atom. The minimum absolute atomic E-state index is 0.350. The molecule has 1 atom stereocenters. The predicted molar refractivity (Wildman–Crippen MR) is 79.9 cm³/mol. The third-order valence-corrected chi connectivity index (χ3v) is 4.74. The molecule has 1 aromatic carbocycles. The van der Waals surface area contributed by atoms with Crippen molar-refractivity contribution < 1.29 is 9.90 Å². The van der Waals surface area contributed by atoms with Gasteiger partial charge in [-0.2, -0.15) is 0 Å². The Labute approximate surface area is 129 Å². The number of hydrogen-bond donors (Lipinski definition) is 1. The van der Waals surface area contributed by atoms with Gasteiger partial charge in [0, 0.05) is 4.88 Å². The van der Waals surface area contributed by atoms with Gasteiger partial charge in [-0.1, -0.05) is 40.9 Å². The molecule has 19 heavy (non-hydrogen) atoms. The molecule has 100 valence electrons. The first-order valence-corrected chi connectivity index (χ1v) is 7.34. The summed E-state index contributed by atoms with van der Waals surface area (Å²) < 4.78 is 0.579. The van der Waals surface area contributed by atoms with Crippen molar-refractivity contribution in [2.24, 2.45) is 0 Å². The van der Waals surface area contributed by atoms with Crippen molar-refractivity contribution in [1.29, 1.82) is 0 Å². The lowest BCUT2D eigenvalue weighted by Crippen LogP contribution is -2.13. The van der Waals surface area contributed by atoms with Crippen molar-refractivity contribution in [3.63, 3.8) is 0 Å². The molecule has 2 aromatic rings. The second-order valence-electron chi connectivity index (χ2n) is 3.99. The molecule has 0 saturated heterocycles. The summed E-state index contributed by atoms with van der Waals surface area (Å²) in [6, 6.07) is 8.57. The quantitative estimate of drug-likeness (QED) is 0.842. The average molecular weight is 336 g/mol. The Morgan fingerprint density at radius 3 is 2.42 bits per heavy atom. The Bertz CT molecular complexity index is 610. The smallest absolute Gasteiger partial charge is 0.312 e. The molecule has 0 aliphatic rings. The first kappa shape index (κ1) is 14.7. The molecule has 2 nitrogen and oxygen atoms in total. The molecule has 1 heterocycles. The Morgan fingerprint density at radius 2 is 1.89 bits per heavy atom. The second kappa shape index (κ2) is 6.14. The van der Waals surface area contributed by atoms with Crippen LogP contribution in [0.5, 0.6) is 0 Å². The molecule has 0 spiro atoms. The van der Waals surface area contributed by atoms with Crippen molar-refractivity contribution in [3.05, 3.63) is 55.2 Å². The SMILES string of the molecule is O=C(O)C(Cc1ccc(Cl)c(Cl)c1)c1ccc(Cl)s1. The Kier molecular flexibility index (Phi) is 4.74. The normalized spacial score (nSPS) is 12.4. The summed E-state index contributed by atoms with van der Waals surface area (Å²) >= 11 is 18.9. The number of aliphatic carboxylic acids is 1. The maximum Gasteiger partial charge on any atom is 0.312 e. The van der Waals surface area contributed by atoms with E-state index in [4.69, 9.17) is 34.8 Å². The fourth-order valence-electron chi connectivity index (χ4n) is 1.73. The number of carboxylic acids is 1. The zero-order valence-corrected chi connectivity index (χ0v) is 12.7. The third-order valence-electron chi connectivity index (χ3n) is 2.66. The highest BCUT2D eigenvalue weighted by molar-refractivity contribution is 7.16. The van der Waals surface area contributed by atoms with Crippen molar-refractivity contribution in [1.82, 2.24) is 0 Å². The fourth-order valence-corrected chi connectivity index (χ4v) is 3.20.